The van der Waals surface area contributed by atoms with Crippen LogP contribution in [0.4, 0.5) is 0 Å². The Morgan fingerprint density at radius 1 is 1.41 bits per heavy atom. The number of hydrogen-bond acceptors (Lipinski definition) is 4. The molecule has 0 saturated carbocycles. The van der Waals surface area contributed by atoms with Gasteiger partial charge < -0.3 is 10.4 Å². The average Bonchev–Trinajstić information content (AvgIpc) is 2.69. The van der Waals surface area contributed by atoms with Crippen LogP contribution in [0.3, 0.4) is 0 Å². The van der Waals surface area contributed by atoms with Crippen molar-refractivity contribution < 1.29 is 14.7 Å². The number of carboxylic acids is 1. The molecule has 0 aliphatic rings. The maximum atomic E-state index is 11.5. The van der Waals surface area contributed by atoms with Gasteiger partial charge in [0.1, 0.15) is 5.69 Å². The van der Waals surface area contributed by atoms with Gasteiger partial charge >= 0.3 is 5.97 Å². The third-order valence-corrected chi connectivity index (χ3v) is 3.43. The number of aliphatic carboxylic acids is 1. The zero-order chi connectivity index (χ0) is 12.7. The molecular weight excluding hydrogens is 308 g/mol. The smallest absolute Gasteiger partial charge is 0.303 e. The molecule has 0 fully saturated rings. The van der Waals surface area contributed by atoms with Crippen LogP contribution >= 0.6 is 27.3 Å². The minimum absolute atomic E-state index is 0.187. The number of carbonyl (C=O) groups excluding carboxylic acids is 1. The Bertz CT molecular complexity index is 395. The average molecular weight is 321 g/mol. The van der Waals surface area contributed by atoms with Crippen molar-refractivity contribution in [2.24, 2.45) is 0 Å². The molecule has 0 atom stereocenters. The van der Waals surface area contributed by atoms with Gasteiger partial charge in [0.15, 0.2) is 3.92 Å². The van der Waals surface area contributed by atoms with E-state index >= 15 is 0 Å². The summed E-state index contributed by atoms with van der Waals surface area (Å²) in [5.74, 6) is -0.966. The number of rotatable bonds is 7. The molecule has 7 heteroatoms. The van der Waals surface area contributed by atoms with Crippen LogP contribution in [0.25, 0.3) is 0 Å². The fraction of sp³-hybridized carbons (Fsp3) is 0.500. The van der Waals surface area contributed by atoms with Gasteiger partial charge in [-0.2, -0.15) is 0 Å². The molecule has 1 aromatic heterocycles. The molecule has 0 unspecified atom stereocenters. The zero-order valence-electron chi connectivity index (χ0n) is 9.11. The number of nitrogens with zero attached hydrogens (tertiary/aromatic N) is 1. The summed E-state index contributed by atoms with van der Waals surface area (Å²) in [7, 11) is 0. The van der Waals surface area contributed by atoms with Crippen molar-refractivity contribution in [3.63, 3.8) is 0 Å². The van der Waals surface area contributed by atoms with Crippen molar-refractivity contribution in [1.29, 1.82) is 0 Å². The van der Waals surface area contributed by atoms with Crippen LogP contribution in [-0.4, -0.2) is 28.5 Å². The van der Waals surface area contributed by atoms with Crippen molar-refractivity contribution in [3.8, 4) is 0 Å². The molecule has 94 valence electrons. The Morgan fingerprint density at radius 3 is 2.76 bits per heavy atom. The summed E-state index contributed by atoms with van der Waals surface area (Å²) in [6.07, 6.45) is 2.41. The summed E-state index contributed by atoms with van der Waals surface area (Å²) in [6, 6.07) is 0. The molecule has 5 nitrogen and oxygen atoms in total. The second-order valence-corrected chi connectivity index (χ2v) is 5.58. The molecule has 1 aromatic rings. The maximum absolute atomic E-state index is 11.5. The quantitative estimate of drug-likeness (QED) is 0.755. The van der Waals surface area contributed by atoms with Crippen molar-refractivity contribution >= 4 is 39.1 Å². The van der Waals surface area contributed by atoms with E-state index in [-0.39, 0.29) is 12.3 Å². The van der Waals surface area contributed by atoms with E-state index in [4.69, 9.17) is 5.11 Å². The highest BCUT2D eigenvalue weighted by Crippen LogP contribution is 2.15. The molecule has 0 bridgehead atoms. The van der Waals surface area contributed by atoms with Gasteiger partial charge in [0, 0.05) is 18.3 Å². The van der Waals surface area contributed by atoms with Gasteiger partial charge in [-0.3, -0.25) is 9.59 Å². The monoisotopic (exact) mass is 320 g/mol. The molecule has 1 rings (SSSR count). The van der Waals surface area contributed by atoms with Gasteiger partial charge in [-0.25, -0.2) is 4.98 Å². The van der Waals surface area contributed by atoms with E-state index in [1.165, 1.54) is 11.3 Å². The first kappa shape index (κ1) is 14.1. The Balaban J connectivity index is 2.11. The predicted molar refractivity (Wildman–Crippen MR) is 68.3 cm³/mol. The fourth-order valence-corrected chi connectivity index (χ4v) is 2.22. The fourth-order valence-electron chi connectivity index (χ4n) is 1.23. The third-order valence-electron chi connectivity index (χ3n) is 2.06. The minimum Gasteiger partial charge on any atom is -0.481 e. The summed E-state index contributed by atoms with van der Waals surface area (Å²) >= 11 is 4.55. The van der Waals surface area contributed by atoms with E-state index in [0.717, 1.165) is 12.8 Å². The zero-order valence-corrected chi connectivity index (χ0v) is 11.5. The number of unbranched alkanes of at least 4 members (excludes halogenated alkanes) is 2. The Kier molecular flexibility index (Phi) is 6.13. The normalized spacial score (nSPS) is 10.2. The second-order valence-electron chi connectivity index (χ2n) is 3.45. The van der Waals surface area contributed by atoms with E-state index in [0.29, 0.717) is 22.6 Å². The molecule has 1 amide bonds. The molecule has 2 N–H and O–H groups in total. The van der Waals surface area contributed by atoms with Gasteiger partial charge in [0.2, 0.25) is 0 Å². The lowest BCUT2D eigenvalue weighted by atomic mass is 10.2. The first-order chi connectivity index (χ1) is 8.09. The molecule has 0 spiro atoms. The van der Waals surface area contributed by atoms with Gasteiger partial charge in [-0.15, -0.1) is 11.3 Å². The second kappa shape index (κ2) is 7.39. The number of nitrogens with one attached hydrogen (secondary N) is 1. The lowest BCUT2D eigenvalue weighted by Gasteiger charge is -2.02. The SMILES string of the molecule is O=C(O)CCCCCNC(=O)c1csc(Br)n1. The van der Waals surface area contributed by atoms with Crippen LogP contribution in [0.1, 0.15) is 36.2 Å². The Morgan fingerprint density at radius 2 is 2.18 bits per heavy atom. The molecule has 0 aliphatic carbocycles. The van der Waals surface area contributed by atoms with E-state index in [9.17, 15) is 9.59 Å². The number of hydrogen-bond donors (Lipinski definition) is 2. The lowest BCUT2D eigenvalue weighted by molar-refractivity contribution is -0.137. The molecule has 0 radical (unpaired) electrons. The van der Waals surface area contributed by atoms with Crippen LogP contribution < -0.4 is 5.32 Å². The van der Waals surface area contributed by atoms with Gasteiger partial charge in [0.25, 0.3) is 5.91 Å². The molecule has 0 saturated heterocycles. The van der Waals surface area contributed by atoms with Crippen LogP contribution in [0.2, 0.25) is 0 Å². The Hall–Kier alpha value is -0.950. The van der Waals surface area contributed by atoms with Crippen molar-refractivity contribution in [3.05, 3.63) is 15.0 Å². The van der Waals surface area contributed by atoms with Gasteiger partial charge in [-0.05, 0) is 28.8 Å². The Labute approximate surface area is 111 Å². The first-order valence-electron chi connectivity index (χ1n) is 5.20. The number of aromatic nitrogens is 1. The molecular formula is C10H13BrN2O3S. The van der Waals surface area contributed by atoms with E-state index in [1.807, 2.05) is 0 Å². The topological polar surface area (TPSA) is 79.3 Å². The number of amides is 1. The number of halogens is 1. The predicted octanol–water partition coefficient (Wildman–Crippen LogP) is 2.28. The van der Waals surface area contributed by atoms with Crippen LogP contribution in [0, 0.1) is 0 Å². The number of carboxylic acid groups (broad SMARTS) is 1. The van der Waals surface area contributed by atoms with E-state index in [2.05, 4.69) is 26.2 Å². The van der Waals surface area contributed by atoms with E-state index < -0.39 is 5.97 Å². The van der Waals surface area contributed by atoms with E-state index in [1.54, 1.807) is 5.38 Å². The van der Waals surface area contributed by atoms with Crippen molar-refractivity contribution in [2.45, 2.75) is 25.7 Å². The highest BCUT2D eigenvalue weighted by atomic mass is 79.9. The van der Waals surface area contributed by atoms with Crippen molar-refractivity contribution in [2.75, 3.05) is 6.54 Å². The van der Waals surface area contributed by atoms with Crippen LogP contribution in [-0.2, 0) is 4.79 Å². The summed E-state index contributed by atoms with van der Waals surface area (Å²) in [5.41, 5.74) is 0.410. The highest BCUT2D eigenvalue weighted by molar-refractivity contribution is 9.11. The summed E-state index contributed by atoms with van der Waals surface area (Å²) in [4.78, 5) is 25.8. The highest BCUT2D eigenvalue weighted by Gasteiger charge is 2.08. The molecule has 0 aromatic carbocycles. The molecule has 1 heterocycles. The summed E-state index contributed by atoms with van der Waals surface area (Å²) < 4.78 is 0.684. The largest absolute Gasteiger partial charge is 0.481 e. The molecule has 17 heavy (non-hydrogen) atoms. The van der Waals surface area contributed by atoms with Gasteiger partial charge in [-0.1, -0.05) is 6.42 Å². The maximum Gasteiger partial charge on any atom is 0.303 e. The number of carbonyl (C=O) groups is 2. The molecule has 0 aliphatic heterocycles. The standard InChI is InChI=1S/C10H13BrN2O3S/c11-10-13-7(6-17-10)9(16)12-5-3-1-2-4-8(14)15/h6H,1-5H2,(H,12,16)(H,14,15). The number of thiazole rings is 1. The summed E-state index contributed by atoms with van der Waals surface area (Å²) in [6.45, 7) is 0.549. The van der Waals surface area contributed by atoms with Gasteiger partial charge in [0.05, 0.1) is 0 Å². The minimum atomic E-state index is -0.777. The third kappa shape index (κ3) is 5.78. The lowest BCUT2D eigenvalue weighted by Crippen LogP contribution is -2.24. The summed E-state index contributed by atoms with van der Waals surface area (Å²) in [5, 5.41) is 12.8. The first-order valence-corrected chi connectivity index (χ1v) is 6.88. The van der Waals surface area contributed by atoms with Crippen LogP contribution in [0.5, 0.6) is 0 Å². The van der Waals surface area contributed by atoms with Crippen LogP contribution in [0.15, 0.2) is 9.30 Å². The van der Waals surface area contributed by atoms with Crippen molar-refractivity contribution in [1.82, 2.24) is 10.3 Å².